The van der Waals surface area contributed by atoms with Crippen molar-refractivity contribution in [2.45, 2.75) is 64.5 Å². The van der Waals surface area contributed by atoms with Crippen LogP contribution >= 0.6 is 0 Å². The molecule has 0 aromatic heterocycles. The molecular formula is C18H35N3O2. The van der Waals surface area contributed by atoms with Crippen molar-refractivity contribution in [2.75, 3.05) is 34.4 Å². The van der Waals surface area contributed by atoms with Gasteiger partial charge in [0.1, 0.15) is 0 Å². The van der Waals surface area contributed by atoms with Crippen molar-refractivity contribution < 1.29 is 9.47 Å². The molecule has 2 saturated carbocycles. The van der Waals surface area contributed by atoms with E-state index in [2.05, 4.69) is 36.4 Å². The Bertz CT molecular complexity index is 432. The molecule has 0 aromatic carbocycles. The lowest BCUT2D eigenvalue weighted by Gasteiger charge is -2.59. The van der Waals surface area contributed by atoms with E-state index in [0.717, 1.165) is 32.0 Å². The van der Waals surface area contributed by atoms with E-state index in [1.54, 1.807) is 14.2 Å². The number of hydrogen-bond donors (Lipinski definition) is 2. The maximum Gasteiger partial charge on any atom is 0.191 e. The fraction of sp³-hybridized carbons (Fsp3) is 0.944. The van der Waals surface area contributed by atoms with Gasteiger partial charge in [0.2, 0.25) is 0 Å². The van der Waals surface area contributed by atoms with Gasteiger partial charge in [0, 0.05) is 45.9 Å². The van der Waals surface area contributed by atoms with Crippen LogP contribution in [0.2, 0.25) is 0 Å². The summed E-state index contributed by atoms with van der Waals surface area (Å²) in [7, 11) is 5.44. The Kier molecular flexibility index (Phi) is 5.62. The highest BCUT2D eigenvalue weighted by molar-refractivity contribution is 5.80. The SMILES string of the molecule is CN=C(NCC1(CCOC)CCC1)NC1CC(C)(OC)C1(C)C. The molecule has 5 nitrogen and oxygen atoms in total. The molecule has 0 aromatic rings. The summed E-state index contributed by atoms with van der Waals surface area (Å²) < 4.78 is 11.0. The maximum absolute atomic E-state index is 5.71. The molecule has 0 amide bonds. The van der Waals surface area contributed by atoms with E-state index in [9.17, 15) is 0 Å². The van der Waals surface area contributed by atoms with Crippen LogP contribution in [0.1, 0.15) is 52.9 Å². The monoisotopic (exact) mass is 325 g/mol. The summed E-state index contributed by atoms with van der Waals surface area (Å²) in [5.41, 5.74) is 0.421. The second-order valence-electron chi connectivity index (χ2n) is 8.08. The third-order valence-corrected chi connectivity index (χ3v) is 6.69. The van der Waals surface area contributed by atoms with Gasteiger partial charge in [-0.05, 0) is 38.0 Å². The van der Waals surface area contributed by atoms with Crippen molar-refractivity contribution in [3.63, 3.8) is 0 Å². The largest absolute Gasteiger partial charge is 0.385 e. The van der Waals surface area contributed by atoms with Crippen molar-refractivity contribution >= 4 is 5.96 Å². The highest BCUT2D eigenvalue weighted by atomic mass is 16.5. The first-order chi connectivity index (χ1) is 10.8. The van der Waals surface area contributed by atoms with Crippen molar-refractivity contribution in [2.24, 2.45) is 15.8 Å². The van der Waals surface area contributed by atoms with Gasteiger partial charge in [-0.25, -0.2) is 0 Å². The Hall–Kier alpha value is -0.810. The molecule has 2 rings (SSSR count). The number of aliphatic imine (C=N–C) groups is 1. The van der Waals surface area contributed by atoms with Gasteiger partial charge in [-0.3, -0.25) is 4.99 Å². The molecule has 134 valence electrons. The summed E-state index contributed by atoms with van der Waals surface area (Å²) in [5.74, 6) is 0.907. The van der Waals surface area contributed by atoms with E-state index in [4.69, 9.17) is 9.47 Å². The van der Waals surface area contributed by atoms with E-state index >= 15 is 0 Å². The Morgan fingerprint density at radius 2 is 1.91 bits per heavy atom. The molecule has 2 N–H and O–H groups in total. The first kappa shape index (κ1) is 18.5. The molecule has 23 heavy (non-hydrogen) atoms. The first-order valence-electron chi connectivity index (χ1n) is 8.84. The third-order valence-electron chi connectivity index (χ3n) is 6.69. The van der Waals surface area contributed by atoms with E-state index in [0.29, 0.717) is 11.5 Å². The van der Waals surface area contributed by atoms with Crippen LogP contribution in [0.15, 0.2) is 4.99 Å². The zero-order valence-electron chi connectivity index (χ0n) is 15.8. The van der Waals surface area contributed by atoms with E-state index in [1.165, 1.54) is 19.3 Å². The van der Waals surface area contributed by atoms with Gasteiger partial charge in [0.25, 0.3) is 0 Å². The number of methoxy groups -OCH3 is 2. The predicted octanol–water partition coefficient (Wildman–Crippen LogP) is 2.56. The van der Waals surface area contributed by atoms with E-state index in [1.807, 2.05) is 7.05 Å². The molecule has 0 bridgehead atoms. The molecule has 2 atom stereocenters. The maximum atomic E-state index is 5.71. The molecule has 0 heterocycles. The molecular weight excluding hydrogens is 290 g/mol. The number of nitrogens with zero attached hydrogens (tertiary/aromatic N) is 1. The average Bonchev–Trinajstić information content (AvgIpc) is 2.50. The molecule has 0 radical (unpaired) electrons. The van der Waals surface area contributed by atoms with Crippen LogP contribution in [-0.2, 0) is 9.47 Å². The van der Waals surface area contributed by atoms with Gasteiger partial charge < -0.3 is 20.1 Å². The minimum Gasteiger partial charge on any atom is -0.385 e. The van der Waals surface area contributed by atoms with E-state index < -0.39 is 0 Å². The van der Waals surface area contributed by atoms with Crippen LogP contribution in [-0.4, -0.2) is 52.0 Å². The standard InChI is InChI=1S/C18H35N3O2/c1-16(2)14(12-17(16,3)23-6)21-15(19-4)20-13-18(8-7-9-18)10-11-22-5/h14H,7-13H2,1-6H3,(H2,19,20,21). The van der Waals surface area contributed by atoms with Crippen LogP contribution in [0, 0.1) is 10.8 Å². The summed E-state index contributed by atoms with van der Waals surface area (Å²) in [4.78, 5) is 4.41. The smallest absolute Gasteiger partial charge is 0.191 e. The van der Waals surface area contributed by atoms with Gasteiger partial charge in [-0.2, -0.15) is 0 Å². The highest BCUT2D eigenvalue weighted by Crippen LogP contribution is 2.51. The van der Waals surface area contributed by atoms with Gasteiger partial charge in [-0.15, -0.1) is 0 Å². The normalized spacial score (nSPS) is 31.9. The van der Waals surface area contributed by atoms with Crippen LogP contribution in [0.3, 0.4) is 0 Å². The van der Waals surface area contributed by atoms with Gasteiger partial charge >= 0.3 is 0 Å². The predicted molar refractivity (Wildman–Crippen MR) is 94.9 cm³/mol. The molecule has 5 heteroatoms. The Labute approximate surface area is 141 Å². The average molecular weight is 325 g/mol. The molecule has 0 aliphatic heterocycles. The molecule has 0 spiro atoms. The van der Waals surface area contributed by atoms with Crippen LogP contribution in [0.25, 0.3) is 0 Å². The van der Waals surface area contributed by atoms with Crippen LogP contribution in [0.4, 0.5) is 0 Å². The summed E-state index contributed by atoms with van der Waals surface area (Å²) in [6.45, 7) is 8.53. The fourth-order valence-electron chi connectivity index (χ4n) is 3.86. The van der Waals surface area contributed by atoms with Crippen molar-refractivity contribution in [1.82, 2.24) is 10.6 Å². The molecule has 2 fully saturated rings. The minimum absolute atomic E-state index is 0.0584. The zero-order chi connectivity index (χ0) is 17.1. The second-order valence-corrected chi connectivity index (χ2v) is 8.08. The van der Waals surface area contributed by atoms with Gasteiger partial charge in [0.05, 0.1) is 5.60 Å². The molecule has 2 aliphatic carbocycles. The van der Waals surface area contributed by atoms with Crippen molar-refractivity contribution in [1.29, 1.82) is 0 Å². The third kappa shape index (κ3) is 3.50. The van der Waals surface area contributed by atoms with Crippen molar-refractivity contribution in [3.8, 4) is 0 Å². The second kappa shape index (κ2) is 6.98. The number of nitrogens with one attached hydrogen (secondary N) is 2. The summed E-state index contributed by atoms with van der Waals surface area (Å²) in [5, 5.41) is 7.13. The highest BCUT2D eigenvalue weighted by Gasteiger charge is 2.58. The Balaban J connectivity index is 1.85. The quantitative estimate of drug-likeness (QED) is 0.558. The molecule has 2 aliphatic rings. The molecule has 2 unspecified atom stereocenters. The fourth-order valence-corrected chi connectivity index (χ4v) is 3.86. The van der Waals surface area contributed by atoms with Gasteiger partial charge in [0.15, 0.2) is 5.96 Å². The van der Waals surface area contributed by atoms with Gasteiger partial charge in [-0.1, -0.05) is 20.3 Å². The lowest BCUT2D eigenvalue weighted by molar-refractivity contribution is -0.176. The van der Waals surface area contributed by atoms with Crippen LogP contribution in [0.5, 0.6) is 0 Å². The van der Waals surface area contributed by atoms with Crippen molar-refractivity contribution in [3.05, 3.63) is 0 Å². The number of guanidine groups is 1. The molecule has 0 saturated heterocycles. The lowest BCUT2D eigenvalue weighted by atomic mass is 9.56. The zero-order valence-corrected chi connectivity index (χ0v) is 15.8. The number of hydrogen-bond acceptors (Lipinski definition) is 3. The van der Waals surface area contributed by atoms with Crippen LogP contribution < -0.4 is 10.6 Å². The minimum atomic E-state index is -0.0584. The Morgan fingerprint density at radius 3 is 2.35 bits per heavy atom. The van der Waals surface area contributed by atoms with E-state index in [-0.39, 0.29) is 11.0 Å². The number of rotatable bonds is 7. The summed E-state index contributed by atoms with van der Waals surface area (Å²) in [6, 6.07) is 0.384. The first-order valence-corrected chi connectivity index (χ1v) is 8.84. The summed E-state index contributed by atoms with van der Waals surface area (Å²) >= 11 is 0. The topological polar surface area (TPSA) is 54.9 Å². The summed E-state index contributed by atoms with van der Waals surface area (Å²) in [6.07, 6.45) is 6.05. The lowest BCUT2D eigenvalue weighted by Crippen LogP contribution is -2.69. The number of ether oxygens (including phenoxy) is 2. The Morgan fingerprint density at radius 1 is 1.22 bits per heavy atom.